The minimum Gasteiger partial charge on any atom is -0.508 e. The van der Waals surface area contributed by atoms with Gasteiger partial charge in [-0.1, -0.05) is 57.4 Å². The van der Waals surface area contributed by atoms with E-state index in [1.54, 1.807) is 12.1 Å². The average Bonchev–Trinajstić information content (AvgIpc) is 3.26. The topological polar surface area (TPSA) is 46.9 Å². The molecule has 220 valence electrons. The van der Waals surface area contributed by atoms with Crippen LogP contribution in [0.15, 0.2) is 48.5 Å². The Morgan fingerprint density at radius 3 is 1.46 bits per heavy atom. The molecule has 2 atom stereocenters. The Morgan fingerprint density at radius 1 is 0.641 bits per heavy atom. The highest BCUT2D eigenvalue weighted by atomic mass is 35.5. The van der Waals surface area contributed by atoms with Gasteiger partial charge in [0.05, 0.1) is 0 Å². The van der Waals surface area contributed by atoms with Crippen molar-refractivity contribution in [1.29, 1.82) is 0 Å². The number of nitrogens with zero attached hydrogens (tertiary/aromatic N) is 2. The Morgan fingerprint density at radius 2 is 1.08 bits per heavy atom. The van der Waals surface area contributed by atoms with E-state index in [1.165, 1.54) is 95.1 Å². The van der Waals surface area contributed by atoms with Gasteiger partial charge in [0, 0.05) is 23.9 Å². The number of unbranched alkanes of at least 4 members (excludes halogenated alkanes) is 2. The average molecular weight is 580 g/mol. The van der Waals surface area contributed by atoms with Gasteiger partial charge in [0.25, 0.3) is 0 Å². The summed E-state index contributed by atoms with van der Waals surface area (Å²) in [5.74, 6) is 0.789. The summed E-state index contributed by atoms with van der Waals surface area (Å²) >= 11 is 0. The smallest absolute Gasteiger partial charge is 0.115 e. The molecule has 2 aromatic rings. The maximum atomic E-state index is 10.1. The first-order valence-corrected chi connectivity index (χ1v) is 15.0. The van der Waals surface area contributed by atoms with Gasteiger partial charge in [-0.3, -0.25) is 0 Å². The van der Waals surface area contributed by atoms with Crippen LogP contribution in [0.4, 0.5) is 0 Å². The summed E-state index contributed by atoms with van der Waals surface area (Å²) in [6, 6.07) is 16.0. The summed E-state index contributed by atoms with van der Waals surface area (Å²) in [5, 5.41) is 20.2. The molecular formula is C33H52Cl2N2O2. The molecule has 2 aliphatic heterocycles. The minimum absolute atomic E-state index is 0. The van der Waals surface area contributed by atoms with Crippen molar-refractivity contribution in [2.45, 2.75) is 95.3 Å². The number of benzene rings is 2. The van der Waals surface area contributed by atoms with Crippen LogP contribution in [0.5, 0.6) is 11.5 Å². The molecule has 2 aromatic carbocycles. The van der Waals surface area contributed by atoms with Crippen molar-refractivity contribution < 1.29 is 10.2 Å². The second kappa shape index (κ2) is 16.1. The van der Waals surface area contributed by atoms with Crippen LogP contribution in [0.25, 0.3) is 0 Å². The monoisotopic (exact) mass is 578 g/mol. The molecule has 2 heterocycles. The lowest BCUT2D eigenvalue weighted by molar-refractivity contribution is 0.202. The van der Waals surface area contributed by atoms with Gasteiger partial charge in [-0.25, -0.2) is 0 Å². The number of hydrogen-bond donors (Lipinski definition) is 2. The number of phenols is 2. The predicted molar refractivity (Wildman–Crippen MR) is 169 cm³/mol. The van der Waals surface area contributed by atoms with Gasteiger partial charge < -0.3 is 20.0 Å². The fraction of sp³-hybridized carbons (Fsp3) is 0.636. The van der Waals surface area contributed by atoms with Gasteiger partial charge in [0.2, 0.25) is 0 Å². The molecule has 4 nitrogen and oxygen atoms in total. The van der Waals surface area contributed by atoms with Gasteiger partial charge >= 0.3 is 0 Å². The Kier molecular flexibility index (Phi) is 13.9. The molecule has 0 bridgehead atoms. The quantitative estimate of drug-likeness (QED) is 0.280. The second-order valence-electron chi connectivity index (χ2n) is 11.9. The van der Waals surface area contributed by atoms with Crippen LogP contribution in [0.3, 0.4) is 0 Å². The van der Waals surface area contributed by atoms with Gasteiger partial charge in [-0.15, -0.1) is 24.8 Å². The zero-order valence-corrected chi connectivity index (χ0v) is 25.9. The third kappa shape index (κ3) is 8.76. The lowest BCUT2D eigenvalue weighted by Gasteiger charge is -2.37. The van der Waals surface area contributed by atoms with Crippen molar-refractivity contribution in [3.8, 4) is 11.5 Å². The van der Waals surface area contributed by atoms with E-state index in [1.807, 2.05) is 24.3 Å². The van der Waals surface area contributed by atoms with Crippen LogP contribution in [-0.4, -0.2) is 59.3 Å². The van der Waals surface area contributed by atoms with E-state index >= 15 is 0 Å². The van der Waals surface area contributed by atoms with E-state index in [0.717, 1.165) is 25.9 Å². The number of phenolic OH excluding ortho intramolecular Hbond substituents is 2. The molecule has 0 aliphatic carbocycles. The van der Waals surface area contributed by atoms with Crippen molar-refractivity contribution in [3.05, 3.63) is 59.7 Å². The molecule has 4 rings (SSSR count). The van der Waals surface area contributed by atoms with Gasteiger partial charge in [0.15, 0.2) is 0 Å². The molecule has 0 radical (unpaired) electrons. The van der Waals surface area contributed by atoms with Gasteiger partial charge in [-0.05, 0) is 113 Å². The summed E-state index contributed by atoms with van der Waals surface area (Å²) < 4.78 is 0. The molecule has 0 amide bonds. The number of likely N-dealkylation sites (tertiary alicyclic amines) is 2. The first-order chi connectivity index (χ1) is 18.0. The maximum absolute atomic E-state index is 10.1. The summed E-state index contributed by atoms with van der Waals surface area (Å²) in [5.41, 5.74) is 2.95. The molecule has 2 saturated heterocycles. The molecular weight excluding hydrogens is 527 g/mol. The van der Waals surface area contributed by atoms with E-state index in [4.69, 9.17) is 0 Å². The Hall–Kier alpha value is -1.46. The molecule has 6 heteroatoms. The van der Waals surface area contributed by atoms with Crippen molar-refractivity contribution in [3.63, 3.8) is 0 Å². The van der Waals surface area contributed by atoms with Crippen molar-refractivity contribution >= 4 is 24.8 Å². The third-order valence-corrected chi connectivity index (χ3v) is 9.53. The minimum atomic E-state index is 0. The number of rotatable bonds is 10. The largest absolute Gasteiger partial charge is 0.508 e. The van der Waals surface area contributed by atoms with E-state index in [9.17, 15) is 10.2 Å². The van der Waals surface area contributed by atoms with Crippen LogP contribution in [0, 0.1) is 0 Å². The number of hydrogen-bond acceptors (Lipinski definition) is 4. The molecule has 39 heavy (non-hydrogen) atoms. The molecule has 2 fully saturated rings. The van der Waals surface area contributed by atoms with E-state index in [0.29, 0.717) is 11.5 Å². The van der Waals surface area contributed by atoms with Crippen molar-refractivity contribution in [2.24, 2.45) is 0 Å². The summed E-state index contributed by atoms with van der Waals surface area (Å²) in [7, 11) is 0. The van der Waals surface area contributed by atoms with E-state index < -0.39 is 0 Å². The molecule has 0 aromatic heterocycles. The van der Waals surface area contributed by atoms with Crippen LogP contribution in [-0.2, 0) is 10.8 Å². The molecule has 0 spiro atoms. The lowest BCUT2D eigenvalue weighted by atomic mass is 9.74. The van der Waals surface area contributed by atoms with E-state index in [-0.39, 0.29) is 35.6 Å². The third-order valence-electron chi connectivity index (χ3n) is 9.53. The predicted octanol–water partition coefficient (Wildman–Crippen LogP) is 8.08. The SMILES string of the molecule is CC[C@@]1(c2cccc(O)c2)CCCCN(CCCCCN2CCCC[C@@](CC)(c3cccc(O)c3)C2)C1.Cl.Cl. The standard InChI is InChI=1S/C33H50N2O2.2ClH/c1-3-32(28-14-12-16-30(36)24-28)18-6-10-22-34(26-32)20-8-5-9-21-35-23-11-7-19-33(4-2,27-35)29-15-13-17-31(37)25-29;;/h12-17,24-25,36-37H,3-11,18-23,26-27H2,1-2H3;2*1H/t32-,33-;;/m1../s1. The fourth-order valence-electron chi connectivity index (χ4n) is 7.13. The lowest BCUT2D eigenvalue weighted by Crippen LogP contribution is -2.40. The summed E-state index contributed by atoms with van der Waals surface area (Å²) in [4.78, 5) is 5.41. The van der Waals surface area contributed by atoms with Crippen LogP contribution in [0.1, 0.15) is 95.6 Å². The number of aromatic hydroxyl groups is 2. The Balaban J connectivity index is 0.00000267. The highest BCUT2D eigenvalue weighted by Crippen LogP contribution is 2.39. The highest BCUT2D eigenvalue weighted by Gasteiger charge is 2.35. The van der Waals surface area contributed by atoms with Crippen LogP contribution < -0.4 is 0 Å². The van der Waals surface area contributed by atoms with Crippen molar-refractivity contribution in [1.82, 2.24) is 9.80 Å². The fourth-order valence-corrected chi connectivity index (χ4v) is 7.13. The Bertz CT molecular complexity index is 912. The summed E-state index contributed by atoms with van der Waals surface area (Å²) in [6.07, 6.45) is 13.6. The highest BCUT2D eigenvalue weighted by molar-refractivity contribution is 5.85. The number of halogens is 2. The molecule has 2 N–H and O–H groups in total. The zero-order valence-electron chi connectivity index (χ0n) is 24.2. The first kappa shape index (κ1) is 33.7. The van der Waals surface area contributed by atoms with Gasteiger partial charge in [0.1, 0.15) is 11.5 Å². The molecule has 2 aliphatic rings. The molecule has 0 unspecified atom stereocenters. The zero-order chi connectivity index (χ0) is 26.1. The molecule has 0 saturated carbocycles. The first-order valence-electron chi connectivity index (χ1n) is 15.0. The van der Waals surface area contributed by atoms with Crippen LogP contribution >= 0.6 is 24.8 Å². The normalized spacial score (nSPS) is 24.7. The van der Waals surface area contributed by atoms with E-state index in [2.05, 4.69) is 35.8 Å². The van der Waals surface area contributed by atoms with Gasteiger partial charge in [-0.2, -0.15) is 0 Å². The van der Waals surface area contributed by atoms with Crippen LogP contribution in [0.2, 0.25) is 0 Å². The second-order valence-corrected chi connectivity index (χ2v) is 11.9. The summed E-state index contributed by atoms with van der Waals surface area (Å²) in [6.45, 7) is 11.6. The Labute approximate surface area is 250 Å². The maximum Gasteiger partial charge on any atom is 0.115 e. The van der Waals surface area contributed by atoms with Crippen molar-refractivity contribution in [2.75, 3.05) is 39.3 Å².